The Balaban J connectivity index is 4.03. The van der Waals surface area contributed by atoms with Crippen molar-refractivity contribution in [3.8, 4) is 0 Å². The molecule has 0 fully saturated rings. The normalized spacial score (nSPS) is 16.9. The molecule has 2 atom stereocenters. The molecule has 0 spiro atoms. The summed E-state index contributed by atoms with van der Waals surface area (Å²) in [4.78, 5) is 0. The van der Waals surface area contributed by atoms with Crippen LogP contribution < -0.4 is 11.1 Å². The van der Waals surface area contributed by atoms with Gasteiger partial charge in [0.25, 0.3) is 0 Å². The minimum atomic E-state index is -4.55. The molecular weight excluding hydrogens is 239 g/mol. The number of nitrogens with one attached hydrogen (secondary N) is 1. The Bertz CT molecular complexity index is 244. The average molecular weight is 257 g/mol. The summed E-state index contributed by atoms with van der Waals surface area (Å²) in [6, 6.07) is 0. The molecule has 5 nitrogen and oxygen atoms in total. The first-order chi connectivity index (χ1) is 7.79. The minimum Gasteiger partial charge on any atom is -0.409 e. The highest BCUT2D eigenvalue weighted by Crippen LogP contribution is 2.25. The summed E-state index contributed by atoms with van der Waals surface area (Å²) in [5.41, 5.74) is 4.97. The second-order valence-corrected chi connectivity index (χ2v) is 3.81. The van der Waals surface area contributed by atoms with Gasteiger partial charge in [0.05, 0.1) is 6.10 Å². The first-order valence-corrected chi connectivity index (χ1v) is 5.22. The number of aliphatic hydroxyl groups is 1. The lowest BCUT2D eigenvalue weighted by molar-refractivity contribution is -0.154. The molecule has 102 valence electrons. The molecule has 0 radical (unpaired) electrons. The van der Waals surface area contributed by atoms with Gasteiger partial charge >= 0.3 is 6.18 Å². The van der Waals surface area contributed by atoms with E-state index in [9.17, 15) is 13.2 Å². The van der Waals surface area contributed by atoms with Crippen LogP contribution in [0.1, 0.15) is 19.8 Å². The number of aliphatic hydroxyl groups excluding tert-OH is 1. The van der Waals surface area contributed by atoms with Crippen LogP contribution in [-0.2, 0) is 0 Å². The zero-order valence-electron chi connectivity index (χ0n) is 9.54. The second kappa shape index (κ2) is 7.33. The van der Waals surface area contributed by atoms with Crippen LogP contribution in [0.25, 0.3) is 0 Å². The third kappa shape index (κ3) is 7.01. The molecule has 0 aromatic rings. The van der Waals surface area contributed by atoms with Crippen molar-refractivity contribution in [3.63, 3.8) is 0 Å². The number of nitrogens with two attached hydrogens (primary N) is 1. The zero-order chi connectivity index (χ0) is 13.5. The van der Waals surface area contributed by atoms with E-state index in [0.717, 1.165) is 0 Å². The molecule has 5 N–H and O–H groups in total. The molecule has 0 rings (SSSR count). The summed E-state index contributed by atoms with van der Waals surface area (Å²) >= 11 is 0. The van der Waals surface area contributed by atoms with Gasteiger partial charge in [-0.05, 0) is 26.3 Å². The lowest BCUT2D eigenvalue weighted by atomic mass is 10.1. The first kappa shape index (κ1) is 16.0. The number of halogens is 3. The van der Waals surface area contributed by atoms with Crippen molar-refractivity contribution in [3.05, 3.63) is 0 Å². The maximum absolute atomic E-state index is 12.4. The Labute approximate surface area is 97.5 Å². The molecule has 17 heavy (non-hydrogen) atoms. The van der Waals surface area contributed by atoms with Gasteiger partial charge in [-0.2, -0.15) is 13.2 Å². The average Bonchev–Trinajstić information content (AvgIpc) is 2.20. The van der Waals surface area contributed by atoms with E-state index in [1.54, 1.807) is 6.92 Å². The molecule has 0 saturated heterocycles. The summed E-state index contributed by atoms with van der Waals surface area (Å²) in [5.74, 6) is -2.86. The molecule has 0 aliphatic rings. The zero-order valence-corrected chi connectivity index (χ0v) is 9.54. The number of amidine groups is 1. The van der Waals surface area contributed by atoms with Crippen LogP contribution >= 0.6 is 0 Å². The number of hydrogen-bond acceptors (Lipinski definition) is 4. The molecule has 0 aliphatic heterocycles. The fraction of sp³-hybridized carbons (Fsp3) is 0.889. The van der Waals surface area contributed by atoms with Gasteiger partial charge in [0.15, 0.2) is 5.84 Å². The van der Waals surface area contributed by atoms with Crippen LogP contribution in [0.3, 0.4) is 0 Å². The first-order valence-electron chi connectivity index (χ1n) is 5.22. The number of oxime groups is 1. The quantitative estimate of drug-likeness (QED) is 0.177. The van der Waals surface area contributed by atoms with E-state index in [1.165, 1.54) is 0 Å². The van der Waals surface area contributed by atoms with Crippen LogP contribution in [0, 0.1) is 5.92 Å². The van der Waals surface area contributed by atoms with Crippen molar-refractivity contribution in [1.29, 1.82) is 0 Å². The van der Waals surface area contributed by atoms with Crippen LogP contribution in [0.4, 0.5) is 13.2 Å². The van der Waals surface area contributed by atoms with E-state index >= 15 is 0 Å². The third-order valence-corrected chi connectivity index (χ3v) is 2.19. The Morgan fingerprint density at radius 2 is 2.06 bits per heavy atom. The lowest BCUT2D eigenvalue weighted by Gasteiger charge is -2.19. The van der Waals surface area contributed by atoms with Crippen LogP contribution in [-0.4, -0.2) is 41.5 Å². The van der Waals surface area contributed by atoms with Crippen molar-refractivity contribution >= 4 is 5.84 Å². The summed E-state index contributed by atoms with van der Waals surface area (Å²) in [7, 11) is 0. The fourth-order valence-electron chi connectivity index (χ4n) is 1.23. The van der Waals surface area contributed by atoms with E-state index in [0.29, 0.717) is 19.4 Å². The van der Waals surface area contributed by atoms with E-state index in [-0.39, 0.29) is 0 Å². The highest BCUT2D eigenvalue weighted by molar-refractivity contribution is 5.83. The van der Waals surface area contributed by atoms with E-state index in [2.05, 4.69) is 10.5 Å². The third-order valence-electron chi connectivity index (χ3n) is 2.19. The topological polar surface area (TPSA) is 90.9 Å². The van der Waals surface area contributed by atoms with Crippen molar-refractivity contribution in [2.75, 3.05) is 13.1 Å². The molecule has 0 saturated carbocycles. The van der Waals surface area contributed by atoms with Crippen LogP contribution in [0.15, 0.2) is 5.16 Å². The van der Waals surface area contributed by atoms with Gasteiger partial charge in [-0.1, -0.05) is 5.16 Å². The van der Waals surface area contributed by atoms with E-state index in [4.69, 9.17) is 16.0 Å². The fourth-order valence-corrected chi connectivity index (χ4v) is 1.23. The van der Waals surface area contributed by atoms with Crippen molar-refractivity contribution in [1.82, 2.24) is 5.32 Å². The summed E-state index contributed by atoms with van der Waals surface area (Å²) in [5, 5.41) is 22.1. The largest absolute Gasteiger partial charge is 0.409 e. The van der Waals surface area contributed by atoms with Crippen LogP contribution in [0.2, 0.25) is 0 Å². The second-order valence-electron chi connectivity index (χ2n) is 3.81. The van der Waals surface area contributed by atoms with Gasteiger partial charge in [0.2, 0.25) is 0 Å². The summed E-state index contributed by atoms with van der Waals surface area (Å²) in [6.45, 7) is 1.49. The number of alkyl halides is 3. The predicted molar refractivity (Wildman–Crippen MR) is 56.7 cm³/mol. The Morgan fingerprint density at radius 1 is 1.47 bits per heavy atom. The highest BCUT2D eigenvalue weighted by Gasteiger charge is 2.42. The molecule has 0 amide bonds. The molecular formula is C9H18F3N3O2. The van der Waals surface area contributed by atoms with Crippen molar-refractivity contribution in [2.24, 2.45) is 16.8 Å². The Morgan fingerprint density at radius 3 is 2.47 bits per heavy atom. The number of nitrogens with zero attached hydrogens (tertiary/aromatic N) is 1. The van der Waals surface area contributed by atoms with Gasteiger partial charge in [-0.25, -0.2) is 0 Å². The van der Waals surface area contributed by atoms with E-state index < -0.39 is 30.6 Å². The van der Waals surface area contributed by atoms with Crippen molar-refractivity contribution in [2.45, 2.75) is 32.0 Å². The van der Waals surface area contributed by atoms with Gasteiger partial charge in [-0.15, -0.1) is 0 Å². The SMILES string of the molecule is CC(O)CCCNCC(C(N)=NO)C(F)(F)F. The monoisotopic (exact) mass is 257 g/mol. The summed E-state index contributed by atoms with van der Waals surface area (Å²) < 4.78 is 37.3. The highest BCUT2D eigenvalue weighted by atomic mass is 19.4. The molecule has 0 aromatic carbocycles. The molecule has 0 aliphatic carbocycles. The molecule has 0 aromatic heterocycles. The Kier molecular flexibility index (Phi) is 6.89. The predicted octanol–water partition coefficient (Wildman–Crippen LogP) is 0.662. The molecule has 0 bridgehead atoms. The van der Waals surface area contributed by atoms with E-state index in [1.807, 2.05) is 0 Å². The standard InChI is InChI=1S/C9H18F3N3O2/c1-6(16)3-2-4-14-5-7(8(13)15-17)9(10,11)12/h6-7,14,16-17H,2-5H2,1H3,(H2,13,15). The Hall–Kier alpha value is -1.02. The molecule has 8 heteroatoms. The van der Waals surface area contributed by atoms with Crippen molar-refractivity contribution < 1.29 is 23.5 Å². The molecule has 2 unspecified atom stereocenters. The smallest absolute Gasteiger partial charge is 0.400 e. The maximum atomic E-state index is 12.4. The van der Waals surface area contributed by atoms with Gasteiger partial charge in [0.1, 0.15) is 5.92 Å². The van der Waals surface area contributed by atoms with Gasteiger partial charge < -0.3 is 21.4 Å². The maximum Gasteiger partial charge on any atom is 0.400 e. The number of hydrogen-bond donors (Lipinski definition) is 4. The lowest BCUT2D eigenvalue weighted by Crippen LogP contribution is -2.43. The summed E-state index contributed by atoms with van der Waals surface area (Å²) in [6.07, 6.45) is -3.96. The van der Waals surface area contributed by atoms with Gasteiger partial charge in [-0.3, -0.25) is 0 Å². The van der Waals surface area contributed by atoms with Gasteiger partial charge in [0, 0.05) is 6.54 Å². The molecule has 0 heterocycles. The minimum absolute atomic E-state index is 0.330. The number of rotatable bonds is 7. The van der Waals surface area contributed by atoms with Crippen LogP contribution in [0.5, 0.6) is 0 Å².